The molecule has 1 aromatic heterocycles. The highest BCUT2D eigenvalue weighted by molar-refractivity contribution is 7.99. The Hall–Kier alpha value is -2.60. The lowest BCUT2D eigenvalue weighted by Gasteiger charge is -2.10. The zero-order chi connectivity index (χ0) is 18.5. The van der Waals surface area contributed by atoms with Crippen LogP contribution in [0.25, 0.3) is 11.4 Å². The van der Waals surface area contributed by atoms with Crippen molar-refractivity contribution in [1.29, 1.82) is 0 Å². The summed E-state index contributed by atoms with van der Waals surface area (Å²) in [6.07, 6.45) is 0. The van der Waals surface area contributed by atoms with Gasteiger partial charge in [0.2, 0.25) is 5.91 Å². The Kier molecular flexibility index (Phi) is 5.73. The largest absolute Gasteiger partial charge is 0.325 e. The number of hydrogen-bond acceptors (Lipinski definition) is 4. The molecular weight excluding hydrogens is 344 g/mol. The van der Waals surface area contributed by atoms with Gasteiger partial charge in [-0.15, -0.1) is 10.2 Å². The SMILES string of the molecule is CCn1c(SCC(=O)Nc2ccc(C)cc2C)nnc1-c1ccccc1. The van der Waals surface area contributed by atoms with E-state index < -0.39 is 0 Å². The van der Waals surface area contributed by atoms with Gasteiger partial charge in [-0.2, -0.15) is 0 Å². The summed E-state index contributed by atoms with van der Waals surface area (Å²) in [5.74, 6) is 1.07. The summed E-state index contributed by atoms with van der Waals surface area (Å²) in [6.45, 7) is 6.83. The molecule has 2 aromatic carbocycles. The van der Waals surface area contributed by atoms with Crippen molar-refractivity contribution in [2.75, 3.05) is 11.1 Å². The molecular formula is C20H22N4OS. The first kappa shape index (κ1) is 18.2. The summed E-state index contributed by atoms with van der Waals surface area (Å²) >= 11 is 1.40. The number of carbonyl (C=O) groups is 1. The highest BCUT2D eigenvalue weighted by Crippen LogP contribution is 2.24. The van der Waals surface area contributed by atoms with Gasteiger partial charge < -0.3 is 9.88 Å². The minimum absolute atomic E-state index is 0.0473. The molecule has 26 heavy (non-hydrogen) atoms. The van der Waals surface area contributed by atoms with Gasteiger partial charge in [-0.1, -0.05) is 59.8 Å². The molecule has 0 aliphatic heterocycles. The van der Waals surface area contributed by atoms with E-state index in [4.69, 9.17) is 0 Å². The van der Waals surface area contributed by atoms with Crippen LogP contribution >= 0.6 is 11.8 Å². The first-order chi connectivity index (χ1) is 12.6. The maximum Gasteiger partial charge on any atom is 0.234 e. The quantitative estimate of drug-likeness (QED) is 0.660. The third-order valence-corrected chi connectivity index (χ3v) is 5.02. The van der Waals surface area contributed by atoms with Crippen molar-refractivity contribution in [1.82, 2.24) is 14.8 Å². The predicted octanol–water partition coefficient (Wildman–Crippen LogP) is 4.31. The second-order valence-corrected chi connectivity index (χ2v) is 7.01. The van der Waals surface area contributed by atoms with Crippen molar-refractivity contribution in [2.24, 2.45) is 0 Å². The molecule has 0 radical (unpaired) electrons. The van der Waals surface area contributed by atoms with Gasteiger partial charge >= 0.3 is 0 Å². The summed E-state index contributed by atoms with van der Waals surface area (Å²) in [5, 5.41) is 12.3. The number of hydrogen-bond donors (Lipinski definition) is 1. The van der Waals surface area contributed by atoms with Crippen LogP contribution in [0.15, 0.2) is 53.7 Å². The molecule has 0 spiro atoms. The number of rotatable bonds is 6. The highest BCUT2D eigenvalue weighted by Gasteiger charge is 2.14. The Balaban J connectivity index is 1.68. The Morgan fingerprint density at radius 1 is 1.12 bits per heavy atom. The zero-order valence-electron chi connectivity index (χ0n) is 15.2. The molecule has 6 heteroatoms. The molecule has 0 aliphatic rings. The van der Waals surface area contributed by atoms with Gasteiger partial charge in [-0.25, -0.2) is 0 Å². The molecule has 1 N–H and O–H groups in total. The van der Waals surface area contributed by atoms with Crippen molar-refractivity contribution in [3.8, 4) is 11.4 Å². The number of aromatic nitrogens is 3. The van der Waals surface area contributed by atoms with Gasteiger partial charge in [-0.05, 0) is 32.4 Å². The number of nitrogens with one attached hydrogen (secondary N) is 1. The van der Waals surface area contributed by atoms with Gasteiger partial charge in [0.1, 0.15) is 0 Å². The maximum absolute atomic E-state index is 12.3. The van der Waals surface area contributed by atoms with Crippen molar-refractivity contribution in [3.05, 3.63) is 59.7 Å². The number of amides is 1. The van der Waals surface area contributed by atoms with Crippen molar-refractivity contribution >= 4 is 23.4 Å². The average Bonchev–Trinajstić information content (AvgIpc) is 3.06. The van der Waals surface area contributed by atoms with Crippen molar-refractivity contribution < 1.29 is 4.79 Å². The van der Waals surface area contributed by atoms with Gasteiger partial charge in [-0.3, -0.25) is 4.79 Å². The molecule has 0 saturated carbocycles. The summed E-state index contributed by atoms with van der Waals surface area (Å²) in [6, 6.07) is 16.0. The molecule has 0 saturated heterocycles. The third-order valence-electron chi connectivity index (χ3n) is 4.05. The molecule has 5 nitrogen and oxygen atoms in total. The Labute approximate surface area is 157 Å². The molecule has 0 bridgehead atoms. The van der Waals surface area contributed by atoms with Gasteiger partial charge in [0.25, 0.3) is 0 Å². The van der Waals surface area contributed by atoms with Crippen LogP contribution in [-0.4, -0.2) is 26.4 Å². The molecule has 0 aliphatic carbocycles. The predicted molar refractivity (Wildman–Crippen MR) is 106 cm³/mol. The Morgan fingerprint density at radius 2 is 1.88 bits per heavy atom. The lowest BCUT2D eigenvalue weighted by Crippen LogP contribution is -2.15. The van der Waals surface area contributed by atoms with E-state index in [0.29, 0.717) is 5.75 Å². The van der Waals surface area contributed by atoms with Crippen LogP contribution in [0.1, 0.15) is 18.1 Å². The van der Waals surface area contributed by atoms with Gasteiger partial charge in [0, 0.05) is 17.8 Å². The van der Waals surface area contributed by atoms with E-state index in [1.807, 2.05) is 60.9 Å². The van der Waals surface area contributed by atoms with Crippen molar-refractivity contribution in [3.63, 3.8) is 0 Å². The summed E-state index contributed by atoms with van der Waals surface area (Å²) in [7, 11) is 0. The van der Waals surface area contributed by atoms with Crippen LogP contribution < -0.4 is 5.32 Å². The van der Waals surface area contributed by atoms with E-state index in [1.165, 1.54) is 17.3 Å². The summed E-state index contributed by atoms with van der Waals surface area (Å²) < 4.78 is 2.03. The van der Waals surface area contributed by atoms with Crippen LogP contribution in [0.3, 0.4) is 0 Å². The van der Waals surface area contributed by atoms with Crippen LogP contribution in [0, 0.1) is 13.8 Å². The first-order valence-corrected chi connectivity index (χ1v) is 9.55. The molecule has 0 atom stereocenters. The number of aryl methyl sites for hydroxylation is 2. The van der Waals surface area contributed by atoms with Crippen LogP contribution in [-0.2, 0) is 11.3 Å². The Bertz CT molecular complexity index is 905. The fraction of sp³-hybridized carbons (Fsp3) is 0.250. The number of carbonyl (C=O) groups excluding carboxylic acids is 1. The molecule has 0 unspecified atom stereocenters. The lowest BCUT2D eigenvalue weighted by atomic mass is 10.1. The van der Waals surface area contributed by atoms with Crippen LogP contribution in [0.5, 0.6) is 0 Å². The molecule has 1 amide bonds. The maximum atomic E-state index is 12.3. The lowest BCUT2D eigenvalue weighted by molar-refractivity contribution is -0.113. The monoisotopic (exact) mass is 366 g/mol. The number of benzene rings is 2. The standard InChI is InChI=1S/C20H22N4OS/c1-4-24-19(16-8-6-5-7-9-16)22-23-20(24)26-13-18(25)21-17-11-10-14(2)12-15(17)3/h5-12H,4,13H2,1-3H3,(H,21,25). The molecule has 3 rings (SSSR count). The highest BCUT2D eigenvalue weighted by atomic mass is 32.2. The third kappa shape index (κ3) is 4.14. The number of thioether (sulfide) groups is 1. The smallest absolute Gasteiger partial charge is 0.234 e. The second-order valence-electron chi connectivity index (χ2n) is 6.07. The van der Waals surface area contributed by atoms with E-state index in [9.17, 15) is 4.79 Å². The van der Waals surface area contributed by atoms with Gasteiger partial charge in [0.05, 0.1) is 5.75 Å². The fourth-order valence-corrected chi connectivity index (χ4v) is 3.55. The minimum Gasteiger partial charge on any atom is -0.325 e. The van der Waals surface area contributed by atoms with E-state index >= 15 is 0 Å². The molecule has 3 aromatic rings. The van der Waals surface area contributed by atoms with E-state index in [1.54, 1.807) is 0 Å². The number of anilines is 1. The van der Waals surface area contributed by atoms with E-state index in [-0.39, 0.29) is 5.91 Å². The van der Waals surface area contributed by atoms with Gasteiger partial charge in [0.15, 0.2) is 11.0 Å². The average molecular weight is 366 g/mol. The number of nitrogens with zero attached hydrogens (tertiary/aromatic N) is 3. The topological polar surface area (TPSA) is 59.8 Å². The molecule has 0 fully saturated rings. The van der Waals surface area contributed by atoms with Crippen LogP contribution in [0.4, 0.5) is 5.69 Å². The second kappa shape index (κ2) is 8.19. The Morgan fingerprint density at radius 3 is 2.58 bits per heavy atom. The molecule has 134 valence electrons. The van der Waals surface area contributed by atoms with Crippen LogP contribution in [0.2, 0.25) is 0 Å². The summed E-state index contributed by atoms with van der Waals surface area (Å²) in [4.78, 5) is 12.3. The zero-order valence-corrected chi connectivity index (χ0v) is 16.0. The van der Waals surface area contributed by atoms with E-state index in [2.05, 4.69) is 28.5 Å². The molecule has 1 heterocycles. The first-order valence-electron chi connectivity index (χ1n) is 8.57. The normalized spacial score (nSPS) is 10.7. The summed E-state index contributed by atoms with van der Waals surface area (Å²) in [5.41, 5.74) is 4.11. The fourth-order valence-electron chi connectivity index (χ4n) is 2.75. The van der Waals surface area contributed by atoms with Crippen molar-refractivity contribution in [2.45, 2.75) is 32.5 Å². The minimum atomic E-state index is -0.0473. The van der Waals surface area contributed by atoms with E-state index in [0.717, 1.165) is 34.3 Å².